The topological polar surface area (TPSA) is 52.0 Å². The predicted molar refractivity (Wildman–Crippen MR) is 78.9 cm³/mol. The van der Waals surface area contributed by atoms with Crippen LogP contribution in [0.1, 0.15) is 16.7 Å². The Morgan fingerprint density at radius 1 is 1.40 bits per heavy atom. The van der Waals surface area contributed by atoms with E-state index in [-0.39, 0.29) is 0 Å². The van der Waals surface area contributed by atoms with Gasteiger partial charge in [0.1, 0.15) is 11.9 Å². The lowest BCUT2D eigenvalue weighted by Gasteiger charge is -2.11. The Hall–Kier alpha value is -2.09. The maximum atomic E-state index is 8.85. The van der Waals surface area contributed by atoms with Crippen molar-refractivity contribution in [3.8, 4) is 6.07 Å². The van der Waals surface area contributed by atoms with Crippen LogP contribution in [0.4, 0.5) is 11.5 Å². The van der Waals surface area contributed by atoms with Crippen LogP contribution in [0.25, 0.3) is 0 Å². The molecule has 0 unspecified atom stereocenters. The van der Waals surface area contributed by atoms with E-state index >= 15 is 0 Å². The zero-order valence-corrected chi connectivity index (χ0v) is 11.8. The van der Waals surface area contributed by atoms with Gasteiger partial charge < -0.3 is 5.32 Å². The highest BCUT2D eigenvalue weighted by molar-refractivity contribution is 6.31. The third-order valence-electron chi connectivity index (χ3n) is 3.38. The van der Waals surface area contributed by atoms with E-state index in [4.69, 9.17) is 16.9 Å². The maximum absolute atomic E-state index is 8.85. The standard InChI is InChI=1S/C15H13ClN4/c1-20-8-10-3-2-4-14(12(10)9-20)19-15-5-13(16)11(6-17)7-18-15/h2-5,7H,8-9H2,1H3,(H,18,19). The molecule has 0 aliphatic carbocycles. The van der Waals surface area contributed by atoms with Crippen LogP contribution in [0.15, 0.2) is 30.5 Å². The molecule has 0 radical (unpaired) electrons. The fourth-order valence-corrected chi connectivity index (χ4v) is 2.62. The average Bonchev–Trinajstić information content (AvgIpc) is 2.80. The number of pyridine rings is 1. The largest absolute Gasteiger partial charge is 0.340 e. The molecule has 2 aromatic rings. The number of anilines is 2. The number of fused-ring (bicyclic) bond motifs is 1. The van der Waals surface area contributed by atoms with E-state index in [1.807, 2.05) is 18.2 Å². The fraction of sp³-hybridized carbons (Fsp3) is 0.200. The van der Waals surface area contributed by atoms with Gasteiger partial charge >= 0.3 is 0 Å². The first-order valence-corrected chi connectivity index (χ1v) is 6.67. The average molecular weight is 285 g/mol. The van der Waals surface area contributed by atoms with Gasteiger partial charge in [0.15, 0.2) is 0 Å². The van der Waals surface area contributed by atoms with Gasteiger partial charge in [-0.1, -0.05) is 23.7 Å². The number of benzene rings is 1. The van der Waals surface area contributed by atoms with Gasteiger partial charge in [0.05, 0.1) is 10.6 Å². The Morgan fingerprint density at radius 2 is 2.25 bits per heavy atom. The molecule has 0 saturated heterocycles. The van der Waals surface area contributed by atoms with Crippen molar-refractivity contribution >= 4 is 23.1 Å². The first-order valence-electron chi connectivity index (χ1n) is 6.29. The number of hydrogen-bond acceptors (Lipinski definition) is 4. The van der Waals surface area contributed by atoms with Crippen molar-refractivity contribution in [2.45, 2.75) is 13.1 Å². The van der Waals surface area contributed by atoms with Crippen LogP contribution in [-0.4, -0.2) is 16.9 Å². The summed E-state index contributed by atoms with van der Waals surface area (Å²) < 4.78 is 0. The van der Waals surface area contributed by atoms with Crippen molar-refractivity contribution in [1.29, 1.82) is 5.26 Å². The third kappa shape index (κ3) is 2.34. The van der Waals surface area contributed by atoms with Gasteiger partial charge in [-0.2, -0.15) is 5.26 Å². The monoisotopic (exact) mass is 284 g/mol. The van der Waals surface area contributed by atoms with E-state index in [9.17, 15) is 0 Å². The summed E-state index contributed by atoms with van der Waals surface area (Å²) in [5, 5.41) is 12.6. The first-order chi connectivity index (χ1) is 9.67. The molecule has 2 heterocycles. The van der Waals surface area contributed by atoms with E-state index in [0.717, 1.165) is 18.8 Å². The zero-order valence-electron chi connectivity index (χ0n) is 11.0. The second kappa shape index (κ2) is 5.12. The Labute approximate surface area is 122 Å². The summed E-state index contributed by atoms with van der Waals surface area (Å²) >= 11 is 6.03. The van der Waals surface area contributed by atoms with Crippen LogP contribution >= 0.6 is 11.6 Å². The number of nitrogens with one attached hydrogen (secondary N) is 1. The number of hydrogen-bond donors (Lipinski definition) is 1. The van der Waals surface area contributed by atoms with Gasteiger partial charge in [0.2, 0.25) is 0 Å². The normalized spacial score (nSPS) is 13.8. The van der Waals surface area contributed by atoms with Crippen LogP contribution in [0.2, 0.25) is 5.02 Å². The summed E-state index contributed by atoms with van der Waals surface area (Å²) in [5.41, 5.74) is 4.05. The molecule has 1 aromatic carbocycles. The molecule has 100 valence electrons. The molecule has 0 amide bonds. The van der Waals surface area contributed by atoms with Crippen LogP contribution in [0.5, 0.6) is 0 Å². The van der Waals surface area contributed by atoms with Crippen LogP contribution in [-0.2, 0) is 13.1 Å². The predicted octanol–water partition coefficient (Wildman–Crippen LogP) is 3.30. The van der Waals surface area contributed by atoms with E-state index < -0.39 is 0 Å². The molecular formula is C15H13ClN4. The molecule has 0 bridgehead atoms. The van der Waals surface area contributed by atoms with Crippen LogP contribution in [0.3, 0.4) is 0 Å². The Kier molecular flexibility index (Phi) is 3.31. The molecule has 1 aromatic heterocycles. The van der Waals surface area contributed by atoms with Gasteiger partial charge in [-0.3, -0.25) is 4.90 Å². The smallest absolute Gasteiger partial charge is 0.131 e. The van der Waals surface area contributed by atoms with E-state index in [1.54, 1.807) is 6.07 Å². The number of nitrogens with zero attached hydrogens (tertiary/aromatic N) is 3. The van der Waals surface area contributed by atoms with Gasteiger partial charge in [0, 0.05) is 31.0 Å². The summed E-state index contributed by atoms with van der Waals surface area (Å²) in [6.07, 6.45) is 1.49. The highest BCUT2D eigenvalue weighted by atomic mass is 35.5. The Balaban J connectivity index is 1.92. The maximum Gasteiger partial charge on any atom is 0.131 e. The highest BCUT2D eigenvalue weighted by Crippen LogP contribution is 2.30. The molecule has 1 aliphatic heterocycles. The second-order valence-electron chi connectivity index (χ2n) is 4.90. The van der Waals surface area contributed by atoms with Crippen molar-refractivity contribution in [3.05, 3.63) is 52.2 Å². The minimum Gasteiger partial charge on any atom is -0.340 e. The molecule has 0 saturated carbocycles. The lowest BCUT2D eigenvalue weighted by atomic mass is 10.1. The number of halogens is 1. The molecular weight excluding hydrogens is 272 g/mol. The zero-order chi connectivity index (χ0) is 14.1. The molecule has 0 atom stereocenters. The van der Waals surface area contributed by atoms with Gasteiger partial charge in [-0.25, -0.2) is 4.98 Å². The summed E-state index contributed by atoms with van der Waals surface area (Å²) in [7, 11) is 2.10. The summed E-state index contributed by atoms with van der Waals surface area (Å²) in [6, 6.07) is 9.89. The molecule has 3 rings (SSSR count). The van der Waals surface area contributed by atoms with E-state index in [1.165, 1.54) is 17.3 Å². The molecule has 5 heteroatoms. The van der Waals surface area contributed by atoms with Crippen molar-refractivity contribution in [3.63, 3.8) is 0 Å². The molecule has 4 nitrogen and oxygen atoms in total. The number of aromatic nitrogens is 1. The van der Waals surface area contributed by atoms with Crippen molar-refractivity contribution in [2.24, 2.45) is 0 Å². The van der Waals surface area contributed by atoms with Gasteiger partial charge in [-0.15, -0.1) is 0 Å². The SMILES string of the molecule is CN1Cc2cccc(Nc3cc(Cl)c(C#N)cn3)c2C1. The molecule has 0 fully saturated rings. The minimum absolute atomic E-state index is 0.384. The van der Waals surface area contributed by atoms with Crippen molar-refractivity contribution in [1.82, 2.24) is 9.88 Å². The lowest BCUT2D eigenvalue weighted by molar-refractivity contribution is 0.353. The first kappa shape index (κ1) is 12.9. The van der Waals surface area contributed by atoms with Crippen molar-refractivity contribution in [2.75, 3.05) is 12.4 Å². The molecule has 0 spiro atoms. The summed E-state index contributed by atoms with van der Waals surface area (Å²) in [4.78, 5) is 6.48. The van der Waals surface area contributed by atoms with Crippen molar-refractivity contribution < 1.29 is 0 Å². The fourth-order valence-electron chi connectivity index (χ4n) is 2.42. The summed E-state index contributed by atoms with van der Waals surface area (Å²) in [6.45, 7) is 1.88. The van der Waals surface area contributed by atoms with Gasteiger partial charge in [0.25, 0.3) is 0 Å². The number of rotatable bonds is 2. The quantitative estimate of drug-likeness (QED) is 0.919. The second-order valence-corrected chi connectivity index (χ2v) is 5.31. The Bertz CT molecular complexity index is 706. The van der Waals surface area contributed by atoms with Crippen LogP contribution < -0.4 is 5.32 Å². The van der Waals surface area contributed by atoms with Gasteiger partial charge in [-0.05, 0) is 24.2 Å². The van der Waals surface area contributed by atoms with Crippen LogP contribution in [0, 0.1) is 11.3 Å². The third-order valence-corrected chi connectivity index (χ3v) is 3.69. The lowest BCUT2D eigenvalue weighted by Crippen LogP contribution is -2.08. The molecule has 20 heavy (non-hydrogen) atoms. The molecule has 1 N–H and O–H groups in total. The summed E-state index contributed by atoms with van der Waals surface area (Å²) in [5.74, 6) is 0.650. The Morgan fingerprint density at radius 3 is 3.00 bits per heavy atom. The van der Waals surface area contributed by atoms with E-state index in [2.05, 4.69) is 28.3 Å². The van der Waals surface area contributed by atoms with E-state index in [0.29, 0.717) is 16.4 Å². The highest BCUT2D eigenvalue weighted by Gasteiger charge is 2.18. The molecule has 1 aliphatic rings. The minimum atomic E-state index is 0.384. The number of nitriles is 1.